The highest BCUT2D eigenvalue weighted by atomic mass is 16.6. The fraction of sp³-hybridized carbons (Fsp3) is 0.909. The molecule has 146 valence electrons. The fourth-order valence-electron chi connectivity index (χ4n) is 6.65. The number of carbonyl (C=O) groups excluding carboxylic acids is 2. The van der Waals surface area contributed by atoms with Crippen LogP contribution in [-0.4, -0.2) is 23.6 Å². The van der Waals surface area contributed by atoms with E-state index in [1.54, 1.807) is 0 Å². The average Bonchev–Trinajstić information content (AvgIpc) is 2.99. The van der Waals surface area contributed by atoms with E-state index in [4.69, 9.17) is 9.47 Å². The highest BCUT2D eigenvalue weighted by Gasteiger charge is 2.69. The molecule has 2 aliphatic heterocycles. The molecular weight excluding hydrogens is 328 g/mol. The SMILES string of the molecule is CC(C)(C)CC1(C(=O)OC23CC4CC(C)(CC(C2)C(=O)O4)C3)CC1(C)C. The van der Waals surface area contributed by atoms with Crippen molar-refractivity contribution < 1.29 is 19.1 Å². The van der Waals surface area contributed by atoms with E-state index in [-0.39, 0.29) is 45.6 Å². The van der Waals surface area contributed by atoms with Gasteiger partial charge in [-0.25, -0.2) is 0 Å². The van der Waals surface area contributed by atoms with Gasteiger partial charge in [-0.05, 0) is 48.3 Å². The number of esters is 2. The Morgan fingerprint density at radius 3 is 2.35 bits per heavy atom. The highest BCUT2D eigenvalue weighted by molar-refractivity contribution is 5.82. The maximum atomic E-state index is 13.5. The summed E-state index contributed by atoms with van der Waals surface area (Å²) in [5, 5.41) is 0. The summed E-state index contributed by atoms with van der Waals surface area (Å²) in [6.07, 6.45) is 5.65. The van der Waals surface area contributed by atoms with Gasteiger partial charge in [0, 0.05) is 12.8 Å². The van der Waals surface area contributed by atoms with Crippen LogP contribution in [0.2, 0.25) is 0 Å². The first kappa shape index (κ1) is 18.3. The van der Waals surface area contributed by atoms with Gasteiger partial charge in [-0.1, -0.05) is 41.5 Å². The van der Waals surface area contributed by atoms with Crippen molar-refractivity contribution in [2.75, 3.05) is 0 Å². The minimum Gasteiger partial charge on any atom is -0.462 e. The molecule has 0 amide bonds. The fourth-order valence-corrected chi connectivity index (χ4v) is 6.65. The second-order valence-electron chi connectivity index (χ2n) is 12.0. The lowest BCUT2D eigenvalue weighted by Gasteiger charge is -2.51. The van der Waals surface area contributed by atoms with E-state index in [1.165, 1.54) is 0 Å². The molecule has 5 fully saturated rings. The summed E-state index contributed by atoms with van der Waals surface area (Å²) in [5.41, 5.74) is -0.765. The Hall–Kier alpha value is -1.06. The molecule has 5 unspecified atom stereocenters. The van der Waals surface area contributed by atoms with Crippen molar-refractivity contribution in [3.63, 3.8) is 0 Å². The summed E-state index contributed by atoms with van der Waals surface area (Å²) >= 11 is 0. The third kappa shape index (κ3) is 2.79. The molecule has 2 heterocycles. The smallest absolute Gasteiger partial charge is 0.313 e. The summed E-state index contributed by atoms with van der Waals surface area (Å²) in [6.45, 7) is 13.2. The van der Waals surface area contributed by atoms with Crippen LogP contribution in [0.15, 0.2) is 0 Å². The second-order valence-corrected chi connectivity index (χ2v) is 12.0. The van der Waals surface area contributed by atoms with E-state index < -0.39 is 5.60 Å². The topological polar surface area (TPSA) is 52.6 Å². The second kappa shape index (κ2) is 5.05. The summed E-state index contributed by atoms with van der Waals surface area (Å²) in [6, 6.07) is 0. The zero-order valence-electron chi connectivity index (χ0n) is 17.2. The van der Waals surface area contributed by atoms with Crippen LogP contribution in [0, 0.1) is 27.6 Å². The third-order valence-electron chi connectivity index (χ3n) is 7.49. The van der Waals surface area contributed by atoms with E-state index in [0.717, 1.165) is 32.1 Å². The van der Waals surface area contributed by atoms with Crippen LogP contribution in [0.5, 0.6) is 0 Å². The first-order valence-electron chi connectivity index (χ1n) is 10.2. The Labute approximate surface area is 157 Å². The van der Waals surface area contributed by atoms with Gasteiger partial charge in [-0.2, -0.15) is 0 Å². The van der Waals surface area contributed by atoms with Gasteiger partial charge in [0.2, 0.25) is 0 Å². The van der Waals surface area contributed by atoms with Gasteiger partial charge in [-0.3, -0.25) is 9.59 Å². The van der Waals surface area contributed by atoms with Crippen LogP contribution in [0.4, 0.5) is 0 Å². The lowest BCUT2D eigenvalue weighted by Crippen LogP contribution is -2.53. The van der Waals surface area contributed by atoms with Crippen molar-refractivity contribution in [3.05, 3.63) is 0 Å². The van der Waals surface area contributed by atoms with E-state index in [0.29, 0.717) is 12.8 Å². The predicted molar refractivity (Wildman–Crippen MR) is 98.3 cm³/mol. The first-order valence-corrected chi connectivity index (χ1v) is 10.2. The Bertz CT molecular complexity index is 660. The van der Waals surface area contributed by atoms with Crippen molar-refractivity contribution in [2.45, 2.75) is 98.2 Å². The molecule has 3 aliphatic carbocycles. The van der Waals surface area contributed by atoms with Gasteiger partial charge < -0.3 is 9.47 Å². The third-order valence-corrected chi connectivity index (χ3v) is 7.49. The van der Waals surface area contributed by atoms with Crippen molar-refractivity contribution in [1.82, 2.24) is 0 Å². The zero-order valence-corrected chi connectivity index (χ0v) is 17.2. The molecule has 4 bridgehead atoms. The van der Waals surface area contributed by atoms with Crippen molar-refractivity contribution >= 4 is 11.9 Å². The molecule has 5 atom stereocenters. The zero-order chi connectivity index (χ0) is 19.2. The number of fused-ring (bicyclic) bond motifs is 1. The molecule has 26 heavy (non-hydrogen) atoms. The van der Waals surface area contributed by atoms with Crippen molar-refractivity contribution in [1.29, 1.82) is 0 Å². The first-order chi connectivity index (χ1) is 11.8. The molecule has 0 aromatic heterocycles. The normalized spacial score (nSPS) is 45.8. The standard InChI is InChI=1S/C22H34O4/c1-18(2,3)11-22(12-19(22,4)5)17(24)26-21-8-14-7-20(6,13-21)9-15(10-21)25-16(14)23/h14-15H,7-13H2,1-6H3. The molecule has 0 radical (unpaired) electrons. The molecule has 0 N–H and O–H groups in total. The minimum absolute atomic E-state index is 0.00799. The van der Waals surface area contributed by atoms with Gasteiger partial charge in [0.15, 0.2) is 0 Å². The molecular formula is C22H34O4. The summed E-state index contributed by atoms with van der Waals surface area (Å²) in [4.78, 5) is 25.8. The largest absolute Gasteiger partial charge is 0.462 e. The van der Waals surface area contributed by atoms with Gasteiger partial charge in [-0.15, -0.1) is 0 Å². The molecule has 0 aromatic rings. The Morgan fingerprint density at radius 1 is 1.12 bits per heavy atom. The number of carbonyl (C=O) groups is 2. The number of ether oxygens (including phenoxy) is 2. The van der Waals surface area contributed by atoms with Gasteiger partial charge in [0.05, 0.1) is 11.3 Å². The minimum atomic E-state index is -0.507. The molecule has 5 rings (SSSR count). The van der Waals surface area contributed by atoms with E-state index in [9.17, 15) is 9.59 Å². The van der Waals surface area contributed by atoms with E-state index >= 15 is 0 Å². The quantitative estimate of drug-likeness (QED) is 0.686. The Morgan fingerprint density at radius 2 is 1.77 bits per heavy atom. The van der Waals surface area contributed by atoms with Crippen LogP contribution in [0.3, 0.4) is 0 Å². The van der Waals surface area contributed by atoms with E-state index in [1.807, 2.05) is 0 Å². The molecule has 2 saturated heterocycles. The molecule has 5 aliphatic rings. The number of hydrogen-bond acceptors (Lipinski definition) is 4. The van der Waals surface area contributed by atoms with Crippen molar-refractivity contribution in [3.8, 4) is 0 Å². The van der Waals surface area contributed by atoms with Crippen LogP contribution in [0.1, 0.15) is 86.5 Å². The van der Waals surface area contributed by atoms with Crippen LogP contribution in [-0.2, 0) is 19.1 Å². The highest BCUT2D eigenvalue weighted by Crippen LogP contribution is 2.69. The van der Waals surface area contributed by atoms with Crippen LogP contribution in [0.25, 0.3) is 0 Å². The summed E-state index contributed by atoms with van der Waals surface area (Å²) in [5.74, 6) is -0.220. The molecule has 0 spiro atoms. The lowest BCUT2D eigenvalue weighted by atomic mass is 9.57. The molecule has 3 saturated carbocycles. The molecule has 4 nitrogen and oxygen atoms in total. The summed E-state index contributed by atoms with van der Waals surface area (Å²) < 4.78 is 12.1. The maximum absolute atomic E-state index is 13.5. The monoisotopic (exact) mass is 362 g/mol. The van der Waals surface area contributed by atoms with Crippen LogP contribution < -0.4 is 0 Å². The molecule has 4 heteroatoms. The Balaban J connectivity index is 1.60. The predicted octanol–water partition coefficient (Wildman–Crippen LogP) is 4.65. The van der Waals surface area contributed by atoms with Gasteiger partial charge >= 0.3 is 11.9 Å². The number of hydrogen-bond donors (Lipinski definition) is 0. The van der Waals surface area contributed by atoms with Gasteiger partial charge in [0.1, 0.15) is 11.7 Å². The maximum Gasteiger partial charge on any atom is 0.313 e. The molecule has 0 aromatic carbocycles. The summed E-state index contributed by atoms with van der Waals surface area (Å²) in [7, 11) is 0. The van der Waals surface area contributed by atoms with E-state index in [2.05, 4.69) is 41.5 Å². The van der Waals surface area contributed by atoms with Crippen LogP contribution >= 0.6 is 0 Å². The Kier molecular flexibility index (Phi) is 3.56. The average molecular weight is 363 g/mol. The lowest BCUT2D eigenvalue weighted by molar-refractivity contribution is -0.189. The van der Waals surface area contributed by atoms with Gasteiger partial charge in [0.25, 0.3) is 0 Å². The van der Waals surface area contributed by atoms with Crippen molar-refractivity contribution in [2.24, 2.45) is 27.6 Å². The number of rotatable bonds is 3.